The first-order chi connectivity index (χ1) is 15.4. The molecule has 170 valence electrons. The maximum absolute atomic E-state index is 12.2. The van der Waals surface area contributed by atoms with Crippen molar-refractivity contribution in [3.05, 3.63) is 52.6 Å². The van der Waals surface area contributed by atoms with E-state index in [-0.39, 0.29) is 0 Å². The highest BCUT2D eigenvalue weighted by molar-refractivity contribution is 8.01. The van der Waals surface area contributed by atoms with Crippen LogP contribution in [0.1, 0.15) is 76.2 Å². The summed E-state index contributed by atoms with van der Waals surface area (Å²) in [6.07, 6.45) is 13.0. The molecule has 1 aromatic carbocycles. The quantitative estimate of drug-likeness (QED) is 0.491. The maximum Gasteiger partial charge on any atom is 0.156 e. The highest BCUT2D eigenvalue weighted by Crippen LogP contribution is 2.72. The van der Waals surface area contributed by atoms with Crippen LogP contribution < -0.4 is 4.90 Å². The van der Waals surface area contributed by atoms with Gasteiger partial charge in [-0.3, -0.25) is 4.79 Å². The number of nitrogens with zero attached hydrogens (tertiary/aromatic N) is 1. The lowest BCUT2D eigenvalue weighted by atomic mass is 9.51. The molecule has 5 aliphatic rings. The maximum atomic E-state index is 12.2. The lowest BCUT2D eigenvalue weighted by Gasteiger charge is -2.55. The largest absolute Gasteiger partial charge is 0.378 e. The second-order valence-corrected chi connectivity index (χ2v) is 12.9. The van der Waals surface area contributed by atoms with Gasteiger partial charge in [0.25, 0.3) is 0 Å². The van der Waals surface area contributed by atoms with Crippen LogP contribution in [0.15, 0.2) is 47.1 Å². The van der Waals surface area contributed by atoms with Crippen LogP contribution in [0, 0.1) is 17.3 Å². The Morgan fingerprint density at radius 2 is 1.84 bits per heavy atom. The van der Waals surface area contributed by atoms with E-state index in [1.54, 1.807) is 11.1 Å². The van der Waals surface area contributed by atoms with Gasteiger partial charge in [-0.05, 0) is 109 Å². The number of benzene rings is 1. The molecule has 0 amide bonds. The minimum atomic E-state index is 0.345. The molecule has 3 heteroatoms. The molecule has 1 spiro atoms. The predicted octanol–water partition coefficient (Wildman–Crippen LogP) is 6.92. The molecule has 2 nitrogen and oxygen atoms in total. The zero-order valence-electron chi connectivity index (χ0n) is 20.0. The molecule has 6 rings (SSSR count). The van der Waals surface area contributed by atoms with Crippen molar-refractivity contribution in [1.82, 2.24) is 0 Å². The SMILES string of the molecule is CN(C)c1ccc([C@H]2C[C@@]3(C)[C@@H](CC[C@@]34CCCS4)[C@@H]3CCC4=CC(=O)CCC4=C32)cc1. The molecular weight excluding hydrogens is 410 g/mol. The zero-order chi connectivity index (χ0) is 22.1. The van der Waals surface area contributed by atoms with Crippen LogP contribution in [0.25, 0.3) is 0 Å². The van der Waals surface area contributed by atoms with E-state index in [0.29, 0.717) is 34.2 Å². The van der Waals surface area contributed by atoms with E-state index in [0.717, 1.165) is 18.8 Å². The topological polar surface area (TPSA) is 20.3 Å². The van der Waals surface area contributed by atoms with Gasteiger partial charge in [0.15, 0.2) is 5.78 Å². The van der Waals surface area contributed by atoms with Crippen molar-refractivity contribution in [3.8, 4) is 0 Å². The van der Waals surface area contributed by atoms with Crippen molar-refractivity contribution in [2.45, 2.75) is 75.4 Å². The predicted molar refractivity (Wildman–Crippen MR) is 135 cm³/mol. The molecular formula is C29H37NOS. The number of hydrogen-bond acceptors (Lipinski definition) is 3. The summed E-state index contributed by atoms with van der Waals surface area (Å²) < 4.78 is 0.508. The average molecular weight is 448 g/mol. The Hall–Kier alpha value is -1.48. The van der Waals surface area contributed by atoms with E-state index >= 15 is 0 Å². The number of carbonyl (C=O) groups is 1. The summed E-state index contributed by atoms with van der Waals surface area (Å²) in [5.74, 6) is 3.76. The van der Waals surface area contributed by atoms with Crippen molar-refractivity contribution >= 4 is 23.2 Å². The van der Waals surface area contributed by atoms with Crippen molar-refractivity contribution in [2.24, 2.45) is 17.3 Å². The van der Waals surface area contributed by atoms with E-state index < -0.39 is 0 Å². The normalized spacial score (nSPS) is 38.4. The van der Waals surface area contributed by atoms with Crippen LogP contribution in [0.5, 0.6) is 0 Å². The van der Waals surface area contributed by atoms with E-state index in [1.807, 2.05) is 6.08 Å². The van der Waals surface area contributed by atoms with Gasteiger partial charge in [0.2, 0.25) is 0 Å². The molecule has 2 saturated carbocycles. The van der Waals surface area contributed by atoms with Crippen molar-refractivity contribution < 1.29 is 4.79 Å². The van der Waals surface area contributed by atoms with Crippen molar-refractivity contribution in [2.75, 3.05) is 24.7 Å². The number of carbonyl (C=O) groups excluding carboxylic acids is 1. The first kappa shape index (κ1) is 21.1. The Bertz CT molecular complexity index is 996. The Morgan fingerprint density at radius 3 is 2.56 bits per heavy atom. The van der Waals surface area contributed by atoms with E-state index in [1.165, 1.54) is 61.1 Å². The van der Waals surface area contributed by atoms with Gasteiger partial charge in [0.05, 0.1) is 0 Å². The van der Waals surface area contributed by atoms with Gasteiger partial charge in [-0.25, -0.2) is 0 Å². The van der Waals surface area contributed by atoms with Gasteiger partial charge in [-0.1, -0.05) is 24.6 Å². The number of ketones is 1. The summed E-state index contributed by atoms with van der Waals surface area (Å²) in [5.41, 5.74) is 7.93. The van der Waals surface area contributed by atoms with Crippen molar-refractivity contribution in [3.63, 3.8) is 0 Å². The average Bonchev–Trinajstić information content (AvgIpc) is 3.39. The summed E-state index contributed by atoms with van der Waals surface area (Å²) in [4.78, 5) is 14.4. The molecule has 4 aliphatic carbocycles. The Kier molecular flexibility index (Phi) is 4.95. The van der Waals surface area contributed by atoms with Gasteiger partial charge in [0.1, 0.15) is 0 Å². The van der Waals surface area contributed by atoms with Gasteiger partial charge in [0, 0.05) is 36.9 Å². The Balaban J connectivity index is 1.50. The molecule has 32 heavy (non-hydrogen) atoms. The van der Waals surface area contributed by atoms with E-state index in [4.69, 9.17) is 0 Å². The zero-order valence-corrected chi connectivity index (χ0v) is 20.8. The molecule has 1 aromatic rings. The number of fused-ring (bicyclic) bond motifs is 5. The summed E-state index contributed by atoms with van der Waals surface area (Å²) in [6.45, 7) is 2.68. The summed E-state index contributed by atoms with van der Waals surface area (Å²) in [6, 6.07) is 9.43. The minimum absolute atomic E-state index is 0.345. The molecule has 1 heterocycles. The highest BCUT2D eigenvalue weighted by Gasteiger charge is 2.63. The Labute approximate surface area is 197 Å². The molecule has 3 fully saturated rings. The standard InChI is InChI=1S/C29H37NOS/c1-28-18-25(19-5-8-21(9-6-19)30(2)3)27-23-12-10-22(31)17-20(23)7-11-24(27)26(28)13-15-29(28)14-4-16-32-29/h5-6,8-9,17,24-26H,4,7,10-16,18H2,1-3H3/t24-,25+,26-,28-,29-/m0/s1. The van der Waals surface area contributed by atoms with Crippen molar-refractivity contribution in [1.29, 1.82) is 0 Å². The summed E-state index contributed by atoms with van der Waals surface area (Å²) >= 11 is 2.32. The summed E-state index contributed by atoms with van der Waals surface area (Å²) in [7, 11) is 4.25. The number of rotatable bonds is 2. The lowest BCUT2D eigenvalue weighted by molar-refractivity contribution is -0.114. The highest BCUT2D eigenvalue weighted by atomic mass is 32.2. The monoisotopic (exact) mass is 447 g/mol. The van der Waals surface area contributed by atoms with Crippen LogP contribution in [0.3, 0.4) is 0 Å². The van der Waals surface area contributed by atoms with Crippen LogP contribution >= 0.6 is 11.8 Å². The fourth-order valence-corrected chi connectivity index (χ4v) is 10.2. The fourth-order valence-electron chi connectivity index (χ4n) is 8.39. The first-order valence-electron chi connectivity index (χ1n) is 12.8. The molecule has 0 unspecified atom stereocenters. The minimum Gasteiger partial charge on any atom is -0.378 e. The van der Waals surface area contributed by atoms with Gasteiger partial charge in [-0.15, -0.1) is 0 Å². The third-order valence-corrected chi connectivity index (χ3v) is 11.9. The van der Waals surface area contributed by atoms with Gasteiger partial charge in [-0.2, -0.15) is 11.8 Å². The second kappa shape index (κ2) is 7.52. The smallest absolute Gasteiger partial charge is 0.156 e. The Morgan fingerprint density at radius 1 is 1.03 bits per heavy atom. The fraction of sp³-hybridized carbons (Fsp3) is 0.621. The van der Waals surface area contributed by atoms with Gasteiger partial charge < -0.3 is 4.90 Å². The van der Waals surface area contributed by atoms with Crippen LogP contribution in [0.2, 0.25) is 0 Å². The second-order valence-electron chi connectivity index (χ2n) is 11.5. The third kappa shape index (κ3) is 2.95. The molecule has 0 bridgehead atoms. The van der Waals surface area contributed by atoms with Crippen LogP contribution in [0.4, 0.5) is 5.69 Å². The number of thioether (sulfide) groups is 1. The van der Waals surface area contributed by atoms with E-state index in [2.05, 4.69) is 61.9 Å². The molecule has 0 N–H and O–H groups in total. The molecule has 1 saturated heterocycles. The number of anilines is 1. The van der Waals surface area contributed by atoms with Crippen LogP contribution in [-0.2, 0) is 4.79 Å². The van der Waals surface area contributed by atoms with Gasteiger partial charge >= 0.3 is 0 Å². The lowest BCUT2D eigenvalue weighted by Crippen LogP contribution is -2.49. The first-order valence-corrected chi connectivity index (χ1v) is 13.8. The molecule has 0 aromatic heterocycles. The number of hydrogen-bond donors (Lipinski definition) is 0. The van der Waals surface area contributed by atoms with Crippen LogP contribution in [-0.4, -0.2) is 30.4 Å². The summed E-state index contributed by atoms with van der Waals surface area (Å²) in [5, 5.41) is 0. The molecule has 1 aliphatic heterocycles. The van der Waals surface area contributed by atoms with E-state index in [9.17, 15) is 4.79 Å². The number of allylic oxidation sites excluding steroid dienone is 4. The third-order valence-electron chi connectivity index (χ3n) is 9.94. The molecule has 5 atom stereocenters. The molecule has 0 radical (unpaired) electrons.